The second-order valence-electron chi connectivity index (χ2n) is 6.26. The zero-order chi connectivity index (χ0) is 20.5. The summed E-state index contributed by atoms with van der Waals surface area (Å²) < 4.78 is 12.5. The lowest BCUT2D eigenvalue weighted by Gasteiger charge is -2.08. The maximum absolute atomic E-state index is 12.1. The van der Waals surface area contributed by atoms with Crippen molar-refractivity contribution in [2.45, 2.75) is 20.1 Å². The van der Waals surface area contributed by atoms with Crippen LogP contribution in [0.4, 0.5) is 0 Å². The minimum absolute atomic E-state index is 0.00453. The highest BCUT2D eigenvalue weighted by atomic mass is 16.5. The smallest absolute Gasteiger partial charge is 0.241 e. The molecule has 152 valence electrons. The summed E-state index contributed by atoms with van der Waals surface area (Å²) >= 11 is 0. The van der Waals surface area contributed by atoms with Gasteiger partial charge in [0.1, 0.15) is 30.3 Å². The van der Waals surface area contributed by atoms with E-state index in [0.717, 1.165) is 22.6 Å². The Bertz CT molecular complexity index is 907. The summed E-state index contributed by atoms with van der Waals surface area (Å²) in [4.78, 5) is 12.1. The number of carbonyl (C=O) groups excluding carboxylic acids is 1. The average molecular weight is 396 g/mol. The Morgan fingerprint density at radius 2 is 1.76 bits per heavy atom. The van der Waals surface area contributed by atoms with Gasteiger partial charge >= 0.3 is 0 Å². The standard InChI is InChI=1S/C21H24N4O4/c1-2-28-18-7-9-19(10-8-18)29-12-11-22-21(27)14-25-13-20(23-24-25)17-5-3-16(15-26)4-6-17/h3-10,13,26H,2,11-12,14-15H2,1H3,(H,22,27). The molecule has 1 amide bonds. The number of rotatable bonds is 10. The van der Waals surface area contributed by atoms with Crippen LogP contribution in [0.3, 0.4) is 0 Å². The van der Waals surface area contributed by atoms with Crippen LogP contribution in [0, 0.1) is 0 Å². The van der Waals surface area contributed by atoms with Gasteiger partial charge in [0.25, 0.3) is 0 Å². The quantitative estimate of drug-likeness (QED) is 0.509. The van der Waals surface area contributed by atoms with Crippen molar-refractivity contribution in [1.82, 2.24) is 20.3 Å². The number of amides is 1. The molecular formula is C21H24N4O4. The molecule has 1 heterocycles. The van der Waals surface area contributed by atoms with Crippen LogP contribution < -0.4 is 14.8 Å². The van der Waals surface area contributed by atoms with E-state index in [9.17, 15) is 4.79 Å². The van der Waals surface area contributed by atoms with Crippen molar-refractivity contribution in [2.75, 3.05) is 19.8 Å². The van der Waals surface area contributed by atoms with Gasteiger partial charge in [-0.1, -0.05) is 29.5 Å². The molecule has 2 aromatic carbocycles. The van der Waals surface area contributed by atoms with E-state index in [2.05, 4.69) is 15.6 Å². The largest absolute Gasteiger partial charge is 0.494 e. The molecule has 0 aliphatic heterocycles. The molecule has 0 spiro atoms. The van der Waals surface area contributed by atoms with Crippen LogP contribution in [-0.2, 0) is 17.9 Å². The van der Waals surface area contributed by atoms with Crippen LogP contribution in [0.2, 0.25) is 0 Å². The molecule has 0 saturated heterocycles. The molecule has 29 heavy (non-hydrogen) atoms. The third-order valence-electron chi connectivity index (χ3n) is 4.10. The number of carbonyl (C=O) groups is 1. The number of aliphatic hydroxyl groups is 1. The number of aromatic nitrogens is 3. The molecule has 3 aromatic rings. The predicted octanol–water partition coefficient (Wildman–Crippen LogP) is 2.03. The fourth-order valence-corrected chi connectivity index (χ4v) is 2.65. The lowest BCUT2D eigenvalue weighted by Crippen LogP contribution is -2.31. The zero-order valence-electron chi connectivity index (χ0n) is 16.2. The van der Waals surface area contributed by atoms with Crippen molar-refractivity contribution in [3.63, 3.8) is 0 Å². The molecule has 0 radical (unpaired) electrons. The molecule has 0 atom stereocenters. The van der Waals surface area contributed by atoms with Gasteiger partial charge in [-0.25, -0.2) is 4.68 Å². The number of benzene rings is 2. The van der Waals surface area contributed by atoms with E-state index in [-0.39, 0.29) is 19.1 Å². The fourth-order valence-electron chi connectivity index (χ4n) is 2.65. The van der Waals surface area contributed by atoms with Crippen molar-refractivity contribution in [2.24, 2.45) is 0 Å². The molecule has 8 nitrogen and oxygen atoms in total. The van der Waals surface area contributed by atoms with E-state index in [1.54, 1.807) is 6.20 Å². The van der Waals surface area contributed by atoms with Crippen molar-refractivity contribution in [3.05, 3.63) is 60.3 Å². The Labute approximate surface area is 169 Å². The molecular weight excluding hydrogens is 372 g/mol. The van der Waals surface area contributed by atoms with Crippen LogP contribution in [0.15, 0.2) is 54.7 Å². The van der Waals surface area contributed by atoms with Gasteiger partial charge in [0.05, 0.1) is 26.0 Å². The Balaban J connectivity index is 1.41. The molecule has 2 N–H and O–H groups in total. The van der Waals surface area contributed by atoms with E-state index < -0.39 is 0 Å². The van der Waals surface area contributed by atoms with Crippen LogP contribution in [0.1, 0.15) is 12.5 Å². The maximum Gasteiger partial charge on any atom is 0.241 e. The lowest BCUT2D eigenvalue weighted by molar-refractivity contribution is -0.121. The SMILES string of the molecule is CCOc1ccc(OCCNC(=O)Cn2cc(-c3ccc(CO)cc3)nn2)cc1. The first-order valence-corrected chi connectivity index (χ1v) is 9.40. The summed E-state index contributed by atoms with van der Waals surface area (Å²) in [7, 11) is 0. The topological polar surface area (TPSA) is 98.5 Å². The van der Waals surface area contributed by atoms with Gasteiger partial charge in [-0.05, 0) is 36.8 Å². The van der Waals surface area contributed by atoms with E-state index in [1.165, 1.54) is 4.68 Å². The van der Waals surface area contributed by atoms with Crippen molar-refractivity contribution in [3.8, 4) is 22.8 Å². The number of nitrogens with one attached hydrogen (secondary N) is 1. The number of hydrogen-bond donors (Lipinski definition) is 2. The van der Waals surface area contributed by atoms with Crippen LogP contribution in [-0.4, -0.2) is 45.8 Å². The van der Waals surface area contributed by atoms with E-state index >= 15 is 0 Å². The Morgan fingerprint density at radius 3 is 2.41 bits per heavy atom. The second kappa shape index (κ2) is 10.2. The monoisotopic (exact) mass is 396 g/mol. The summed E-state index contributed by atoms with van der Waals surface area (Å²) in [5, 5.41) is 20.0. The zero-order valence-corrected chi connectivity index (χ0v) is 16.2. The summed E-state index contributed by atoms with van der Waals surface area (Å²) in [6.45, 7) is 3.37. The summed E-state index contributed by atoms with van der Waals surface area (Å²) in [5.74, 6) is 1.34. The molecule has 8 heteroatoms. The molecule has 0 unspecified atom stereocenters. The van der Waals surface area contributed by atoms with Crippen molar-refractivity contribution < 1.29 is 19.4 Å². The summed E-state index contributed by atoms with van der Waals surface area (Å²) in [5.41, 5.74) is 2.37. The highest BCUT2D eigenvalue weighted by Gasteiger charge is 2.08. The molecule has 0 aliphatic carbocycles. The van der Waals surface area contributed by atoms with E-state index in [0.29, 0.717) is 25.5 Å². The minimum atomic E-state index is -0.174. The average Bonchev–Trinajstić information content (AvgIpc) is 3.21. The predicted molar refractivity (Wildman–Crippen MR) is 107 cm³/mol. The maximum atomic E-state index is 12.1. The van der Waals surface area contributed by atoms with Crippen LogP contribution in [0.5, 0.6) is 11.5 Å². The Kier molecular flexibility index (Phi) is 7.18. The first-order chi connectivity index (χ1) is 14.2. The van der Waals surface area contributed by atoms with Gasteiger partial charge < -0.3 is 19.9 Å². The Hall–Kier alpha value is -3.39. The van der Waals surface area contributed by atoms with E-state index in [4.69, 9.17) is 14.6 Å². The summed E-state index contributed by atoms with van der Waals surface area (Å²) in [6, 6.07) is 14.7. The van der Waals surface area contributed by atoms with E-state index in [1.807, 2.05) is 55.5 Å². The van der Waals surface area contributed by atoms with Crippen molar-refractivity contribution >= 4 is 5.91 Å². The molecule has 0 fully saturated rings. The van der Waals surface area contributed by atoms with Crippen LogP contribution >= 0.6 is 0 Å². The second-order valence-corrected chi connectivity index (χ2v) is 6.26. The normalized spacial score (nSPS) is 10.6. The number of aliphatic hydroxyl groups excluding tert-OH is 1. The molecule has 0 bridgehead atoms. The number of hydrogen-bond acceptors (Lipinski definition) is 6. The fraction of sp³-hybridized carbons (Fsp3) is 0.286. The highest BCUT2D eigenvalue weighted by Crippen LogP contribution is 2.18. The van der Waals surface area contributed by atoms with Crippen LogP contribution in [0.25, 0.3) is 11.3 Å². The van der Waals surface area contributed by atoms with Gasteiger partial charge in [-0.3, -0.25) is 4.79 Å². The third kappa shape index (κ3) is 6.05. The first-order valence-electron chi connectivity index (χ1n) is 9.40. The van der Waals surface area contributed by atoms with Gasteiger partial charge in [0.2, 0.25) is 5.91 Å². The Morgan fingerprint density at radius 1 is 1.07 bits per heavy atom. The molecule has 1 aromatic heterocycles. The van der Waals surface area contributed by atoms with Crippen molar-refractivity contribution in [1.29, 1.82) is 0 Å². The highest BCUT2D eigenvalue weighted by molar-refractivity contribution is 5.75. The third-order valence-corrected chi connectivity index (χ3v) is 4.10. The van der Waals surface area contributed by atoms with Gasteiger partial charge in [-0.2, -0.15) is 0 Å². The molecule has 0 aliphatic rings. The van der Waals surface area contributed by atoms with Gasteiger partial charge in [-0.15, -0.1) is 5.10 Å². The number of nitrogens with zero attached hydrogens (tertiary/aromatic N) is 3. The minimum Gasteiger partial charge on any atom is -0.494 e. The number of ether oxygens (including phenoxy) is 2. The molecule has 3 rings (SSSR count). The lowest BCUT2D eigenvalue weighted by atomic mass is 10.1. The molecule has 0 saturated carbocycles. The summed E-state index contributed by atoms with van der Waals surface area (Å²) in [6.07, 6.45) is 1.71. The van der Waals surface area contributed by atoms with Gasteiger partial charge in [0, 0.05) is 5.56 Å². The first kappa shape index (κ1) is 20.3. The van der Waals surface area contributed by atoms with Gasteiger partial charge in [0.15, 0.2) is 0 Å².